The second kappa shape index (κ2) is 3.16. The minimum atomic E-state index is -0.995. The van der Waals surface area contributed by atoms with Crippen LogP contribution in [0.1, 0.15) is 0 Å². The van der Waals surface area contributed by atoms with E-state index in [0.717, 1.165) is 0 Å². The molecule has 1 aromatic rings. The average Bonchev–Trinajstić information content (AvgIpc) is 2.55. The van der Waals surface area contributed by atoms with Crippen LogP contribution < -0.4 is 5.32 Å². The maximum atomic E-state index is 11.6. The van der Waals surface area contributed by atoms with Crippen molar-refractivity contribution in [3.8, 4) is 6.07 Å². The van der Waals surface area contributed by atoms with Crippen molar-refractivity contribution in [2.75, 3.05) is 18.5 Å². The molecule has 1 aliphatic rings. The van der Waals surface area contributed by atoms with Crippen molar-refractivity contribution in [3.63, 3.8) is 0 Å². The number of aromatic nitrogens is 1. The van der Waals surface area contributed by atoms with Gasteiger partial charge in [-0.3, -0.25) is 4.79 Å². The van der Waals surface area contributed by atoms with Gasteiger partial charge in [-0.1, -0.05) is 0 Å². The predicted molar refractivity (Wildman–Crippen MR) is 48.3 cm³/mol. The molecule has 14 heavy (non-hydrogen) atoms. The Labute approximate surface area is 80.7 Å². The van der Waals surface area contributed by atoms with Crippen LogP contribution in [0.5, 0.6) is 0 Å². The quantitative estimate of drug-likeness (QED) is 0.714. The number of amides is 1. The normalized spacial score (nSPS) is 17.9. The molecule has 1 aromatic heterocycles. The standard InChI is InChI=1S/C9H9N3O2/c10-4-9(5-14-6-9)8(13)12-7-2-1-3-11-7/h1-3,11H,5-6H2,(H,12,13). The molecule has 0 atom stereocenters. The summed E-state index contributed by atoms with van der Waals surface area (Å²) in [5.41, 5.74) is -0.995. The van der Waals surface area contributed by atoms with Crippen molar-refractivity contribution in [2.45, 2.75) is 0 Å². The topological polar surface area (TPSA) is 77.9 Å². The first-order valence-corrected chi connectivity index (χ1v) is 4.21. The van der Waals surface area contributed by atoms with Crippen LogP contribution in [-0.2, 0) is 9.53 Å². The van der Waals surface area contributed by atoms with Crippen LogP contribution in [0.3, 0.4) is 0 Å². The van der Waals surface area contributed by atoms with Crippen LogP contribution in [0, 0.1) is 16.7 Å². The summed E-state index contributed by atoms with van der Waals surface area (Å²) in [5.74, 6) is 0.283. The van der Waals surface area contributed by atoms with E-state index in [1.807, 2.05) is 6.07 Å². The molecule has 2 N–H and O–H groups in total. The zero-order valence-corrected chi connectivity index (χ0v) is 7.41. The number of nitrogens with zero attached hydrogens (tertiary/aromatic N) is 1. The first-order valence-electron chi connectivity index (χ1n) is 4.21. The third-order valence-electron chi connectivity index (χ3n) is 2.19. The molecule has 0 saturated carbocycles. The van der Waals surface area contributed by atoms with Gasteiger partial charge in [-0.05, 0) is 12.1 Å². The third kappa shape index (κ3) is 1.26. The number of ether oxygens (including phenoxy) is 1. The third-order valence-corrected chi connectivity index (χ3v) is 2.19. The molecule has 2 rings (SSSR count). The Morgan fingerprint density at radius 1 is 1.71 bits per heavy atom. The second-order valence-electron chi connectivity index (χ2n) is 3.22. The van der Waals surface area contributed by atoms with Crippen LogP contribution in [0.15, 0.2) is 18.3 Å². The number of carbonyl (C=O) groups is 1. The summed E-state index contributed by atoms with van der Waals surface area (Å²) in [4.78, 5) is 14.4. The Bertz CT molecular complexity index is 373. The second-order valence-corrected chi connectivity index (χ2v) is 3.22. The lowest BCUT2D eigenvalue weighted by Gasteiger charge is -2.32. The molecule has 1 aliphatic heterocycles. The van der Waals surface area contributed by atoms with E-state index in [0.29, 0.717) is 5.82 Å². The highest BCUT2D eigenvalue weighted by molar-refractivity contribution is 5.97. The van der Waals surface area contributed by atoms with E-state index in [2.05, 4.69) is 10.3 Å². The van der Waals surface area contributed by atoms with Gasteiger partial charge in [-0.15, -0.1) is 0 Å². The molecule has 5 heteroatoms. The highest BCUT2D eigenvalue weighted by Gasteiger charge is 2.46. The first kappa shape index (κ1) is 8.78. The molecule has 0 aliphatic carbocycles. The van der Waals surface area contributed by atoms with Crippen molar-refractivity contribution in [3.05, 3.63) is 18.3 Å². The highest BCUT2D eigenvalue weighted by Crippen LogP contribution is 2.27. The first-order chi connectivity index (χ1) is 6.77. The van der Waals surface area contributed by atoms with E-state index in [1.54, 1.807) is 18.3 Å². The summed E-state index contributed by atoms with van der Waals surface area (Å²) in [6.07, 6.45) is 1.70. The Balaban J connectivity index is 2.06. The summed E-state index contributed by atoms with van der Waals surface area (Å²) in [5, 5.41) is 11.5. The molecule has 1 fully saturated rings. The molecular formula is C9H9N3O2. The van der Waals surface area contributed by atoms with Crippen LogP contribution in [0.25, 0.3) is 0 Å². The maximum absolute atomic E-state index is 11.6. The van der Waals surface area contributed by atoms with E-state index < -0.39 is 5.41 Å². The zero-order valence-electron chi connectivity index (χ0n) is 7.41. The monoisotopic (exact) mass is 191 g/mol. The SMILES string of the molecule is N#CC1(C(=O)Nc2ccc[nH]2)COC1. The Kier molecular flexibility index (Phi) is 1.98. The van der Waals surface area contributed by atoms with Gasteiger partial charge in [0.25, 0.3) is 5.91 Å². The number of rotatable bonds is 2. The van der Waals surface area contributed by atoms with E-state index in [1.165, 1.54) is 0 Å². The fraction of sp³-hybridized carbons (Fsp3) is 0.333. The summed E-state index contributed by atoms with van der Waals surface area (Å²) in [6.45, 7) is 0.353. The number of nitrogens with one attached hydrogen (secondary N) is 2. The van der Waals surface area contributed by atoms with E-state index in [9.17, 15) is 4.79 Å². The van der Waals surface area contributed by atoms with Gasteiger partial charge in [0.05, 0.1) is 19.3 Å². The number of hydrogen-bond donors (Lipinski definition) is 2. The summed E-state index contributed by atoms with van der Waals surface area (Å²) in [7, 11) is 0. The Morgan fingerprint density at radius 2 is 2.50 bits per heavy atom. The summed E-state index contributed by atoms with van der Waals surface area (Å²) in [6, 6.07) is 5.47. The number of aromatic amines is 1. The van der Waals surface area contributed by atoms with Gasteiger partial charge in [0.2, 0.25) is 0 Å². The molecule has 0 bridgehead atoms. The zero-order chi connectivity index (χ0) is 10.0. The van der Waals surface area contributed by atoms with Gasteiger partial charge < -0.3 is 15.0 Å². The van der Waals surface area contributed by atoms with E-state index >= 15 is 0 Å². The number of hydrogen-bond acceptors (Lipinski definition) is 3. The van der Waals surface area contributed by atoms with E-state index in [4.69, 9.17) is 10.00 Å². The van der Waals surface area contributed by atoms with Gasteiger partial charge >= 0.3 is 0 Å². The number of nitriles is 1. The molecule has 72 valence electrons. The van der Waals surface area contributed by atoms with Gasteiger partial charge in [0, 0.05) is 6.20 Å². The lowest BCUT2D eigenvalue weighted by molar-refractivity contribution is -0.144. The lowest BCUT2D eigenvalue weighted by Crippen LogP contribution is -2.50. The molecule has 0 spiro atoms. The molecule has 1 saturated heterocycles. The Hall–Kier alpha value is -1.80. The van der Waals surface area contributed by atoms with Crippen LogP contribution >= 0.6 is 0 Å². The highest BCUT2D eigenvalue weighted by atomic mass is 16.5. The van der Waals surface area contributed by atoms with E-state index in [-0.39, 0.29) is 19.1 Å². The smallest absolute Gasteiger partial charge is 0.250 e. The fourth-order valence-corrected chi connectivity index (χ4v) is 1.20. The molecular weight excluding hydrogens is 182 g/mol. The van der Waals surface area contributed by atoms with Crippen molar-refractivity contribution in [1.82, 2.24) is 4.98 Å². The lowest BCUT2D eigenvalue weighted by atomic mass is 9.87. The predicted octanol–water partition coefficient (Wildman–Crippen LogP) is 0.493. The van der Waals surface area contributed by atoms with Crippen LogP contribution in [-0.4, -0.2) is 24.1 Å². The van der Waals surface area contributed by atoms with Crippen molar-refractivity contribution in [1.29, 1.82) is 5.26 Å². The maximum Gasteiger partial charge on any atom is 0.250 e. The number of carbonyl (C=O) groups excluding carboxylic acids is 1. The molecule has 2 heterocycles. The van der Waals surface area contributed by atoms with Gasteiger partial charge in [-0.2, -0.15) is 5.26 Å². The molecule has 0 unspecified atom stereocenters. The molecule has 5 nitrogen and oxygen atoms in total. The summed E-state index contributed by atoms with van der Waals surface area (Å²) < 4.78 is 4.88. The molecule has 0 radical (unpaired) electrons. The summed E-state index contributed by atoms with van der Waals surface area (Å²) >= 11 is 0. The van der Waals surface area contributed by atoms with Gasteiger partial charge in [0.15, 0.2) is 5.41 Å². The average molecular weight is 191 g/mol. The van der Waals surface area contributed by atoms with Gasteiger partial charge in [-0.25, -0.2) is 0 Å². The largest absolute Gasteiger partial charge is 0.377 e. The van der Waals surface area contributed by atoms with Gasteiger partial charge in [0.1, 0.15) is 5.82 Å². The number of H-pyrrole nitrogens is 1. The fourth-order valence-electron chi connectivity index (χ4n) is 1.20. The molecule has 1 amide bonds. The number of anilines is 1. The Morgan fingerprint density at radius 3 is 2.93 bits per heavy atom. The molecule has 0 aromatic carbocycles. The van der Waals surface area contributed by atoms with Crippen molar-refractivity contribution < 1.29 is 9.53 Å². The van der Waals surface area contributed by atoms with Crippen molar-refractivity contribution in [2.24, 2.45) is 5.41 Å². The van der Waals surface area contributed by atoms with Crippen LogP contribution in [0.4, 0.5) is 5.82 Å². The minimum absolute atomic E-state index is 0.177. The minimum Gasteiger partial charge on any atom is -0.377 e. The van der Waals surface area contributed by atoms with Crippen LogP contribution in [0.2, 0.25) is 0 Å². The van der Waals surface area contributed by atoms with Crippen molar-refractivity contribution >= 4 is 11.7 Å².